The Morgan fingerprint density at radius 3 is 2.63 bits per heavy atom. The Balaban J connectivity index is 1.59. The average Bonchev–Trinajstić information content (AvgIpc) is 3.56. The van der Waals surface area contributed by atoms with Crippen LogP contribution in [0.3, 0.4) is 0 Å². The highest BCUT2D eigenvalue weighted by atomic mass is 16.6. The van der Waals surface area contributed by atoms with Gasteiger partial charge in [0.1, 0.15) is 11.4 Å². The van der Waals surface area contributed by atoms with Gasteiger partial charge >= 0.3 is 5.97 Å². The van der Waals surface area contributed by atoms with Crippen LogP contribution >= 0.6 is 0 Å². The van der Waals surface area contributed by atoms with Crippen LogP contribution in [0.5, 0.6) is 5.75 Å². The molecule has 2 aromatic rings. The first-order valence-corrected chi connectivity index (χ1v) is 9.47. The largest absolute Gasteiger partial charge is 0.496 e. The van der Waals surface area contributed by atoms with E-state index in [2.05, 4.69) is 5.32 Å². The van der Waals surface area contributed by atoms with E-state index in [4.69, 9.17) is 9.47 Å². The van der Waals surface area contributed by atoms with Crippen molar-refractivity contribution in [3.63, 3.8) is 0 Å². The highest BCUT2D eigenvalue weighted by Crippen LogP contribution is 2.31. The molecule has 0 spiro atoms. The third-order valence-corrected chi connectivity index (χ3v) is 4.72. The fourth-order valence-electron chi connectivity index (χ4n) is 2.88. The Morgan fingerprint density at radius 2 is 1.97 bits per heavy atom. The molecule has 0 bridgehead atoms. The molecule has 158 valence electrons. The van der Waals surface area contributed by atoms with Gasteiger partial charge in [-0.3, -0.25) is 14.9 Å². The third-order valence-electron chi connectivity index (χ3n) is 4.72. The van der Waals surface area contributed by atoms with Gasteiger partial charge < -0.3 is 19.7 Å². The molecule has 0 aliphatic heterocycles. The van der Waals surface area contributed by atoms with E-state index in [0.29, 0.717) is 11.4 Å². The minimum atomic E-state index is -0.796. The van der Waals surface area contributed by atoms with Crippen LogP contribution in [0.1, 0.15) is 28.8 Å². The molecule has 30 heavy (non-hydrogen) atoms. The van der Waals surface area contributed by atoms with E-state index in [1.54, 1.807) is 20.2 Å². The number of nitrogens with one attached hydrogen (secondary N) is 1. The lowest BCUT2D eigenvalue weighted by molar-refractivity contribution is -0.384. The van der Waals surface area contributed by atoms with Gasteiger partial charge in [-0.25, -0.2) is 4.79 Å². The van der Waals surface area contributed by atoms with E-state index in [1.807, 2.05) is 18.2 Å². The van der Waals surface area contributed by atoms with Crippen molar-refractivity contribution in [2.45, 2.75) is 25.4 Å². The zero-order valence-corrected chi connectivity index (χ0v) is 16.8. The summed E-state index contributed by atoms with van der Waals surface area (Å²) in [5, 5.41) is 14.4. The topological polar surface area (TPSA) is 111 Å². The second-order valence-electron chi connectivity index (χ2n) is 7.05. The number of anilines is 1. The molecule has 0 atom stereocenters. The average molecular weight is 413 g/mol. The number of esters is 1. The van der Waals surface area contributed by atoms with Gasteiger partial charge in [0.15, 0.2) is 6.61 Å². The molecule has 1 aliphatic rings. The summed E-state index contributed by atoms with van der Waals surface area (Å²) in [5.41, 5.74) is 1.00. The minimum absolute atomic E-state index is 0.0169. The predicted molar refractivity (Wildman–Crippen MR) is 109 cm³/mol. The fourth-order valence-corrected chi connectivity index (χ4v) is 2.88. The van der Waals surface area contributed by atoms with E-state index < -0.39 is 23.4 Å². The van der Waals surface area contributed by atoms with Gasteiger partial charge in [-0.1, -0.05) is 18.2 Å². The molecule has 0 heterocycles. The number of hydrogen-bond acceptors (Lipinski definition) is 7. The van der Waals surface area contributed by atoms with Gasteiger partial charge in [0.2, 0.25) is 0 Å². The summed E-state index contributed by atoms with van der Waals surface area (Å²) < 4.78 is 10.3. The SMILES string of the molecule is COc1ccccc1CN(C)C(=O)COC(=O)c1ccc(NC2CC2)c([N+](=O)[O-])c1. The highest BCUT2D eigenvalue weighted by molar-refractivity contribution is 5.93. The molecule has 3 rings (SSSR count). The van der Waals surface area contributed by atoms with Crippen LogP contribution in [0.2, 0.25) is 0 Å². The summed E-state index contributed by atoms with van der Waals surface area (Å²) in [6, 6.07) is 11.6. The number of nitrogens with zero attached hydrogens (tertiary/aromatic N) is 2. The van der Waals surface area contributed by atoms with Crippen LogP contribution in [-0.4, -0.2) is 48.5 Å². The number of carbonyl (C=O) groups is 2. The smallest absolute Gasteiger partial charge is 0.338 e. The number of nitro groups is 1. The number of benzene rings is 2. The normalized spacial score (nSPS) is 12.7. The fraction of sp³-hybridized carbons (Fsp3) is 0.333. The second-order valence-corrected chi connectivity index (χ2v) is 7.05. The summed E-state index contributed by atoms with van der Waals surface area (Å²) in [7, 11) is 3.14. The number of nitro benzene ring substituents is 1. The molecule has 2 aromatic carbocycles. The van der Waals surface area contributed by atoms with Gasteiger partial charge in [-0.2, -0.15) is 0 Å². The Kier molecular flexibility index (Phi) is 6.51. The number of methoxy groups -OCH3 is 1. The Hall–Kier alpha value is -3.62. The zero-order valence-electron chi connectivity index (χ0n) is 16.8. The lowest BCUT2D eigenvalue weighted by Crippen LogP contribution is -2.31. The monoisotopic (exact) mass is 413 g/mol. The first kappa shape index (κ1) is 21.1. The minimum Gasteiger partial charge on any atom is -0.496 e. The summed E-state index contributed by atoms with van der Waals surface area (Å²) in [6.45, 7) is -0.187. The summed E-state index contributed by atoms with van der Waals surface area (Å²) in [6.07, 6.45) is 1.93. The molecule has 0 unspecified atom stereocenters. The van der Waals surface area contributed by atoms with E-state index in [-0.39, 0.29) is 23.8 Å². The molecule has 1 fully saturated rings. The molecular formula is C21H23N3O6. The Morgan fingerprint density at radius 1 is 1.23 bits per heavy atom. The molecular weight excluding hydrogens is 390 g/mol. The number of amides is 1. The summed E-state index contributed by atoms with van der Waals surface area (Å²) >= 11 is 0. The van der Waals surface area contributed by atoms with Crippen LogP contribution in [0.25, 0.3) is 0 Å². The van der Waals surface area contributed by atoms with Crippen molar-refractivity contribution < 1.29 is 24.0 Å². The molecule has 0 aromatic heterocycles. The van der Waals surface area contributed by atoms with Crippen molar-refractivity contribution >= 4 is 23.3 Å². The van der Waals surface area contributed by atoms with Crippen LogP contribution in [0.4, 0.5) is 11.4 Å². The van der Waals surface area contributed by atoms with Gasteiger partial charge in [0.25, 0.3) is 11.6 Å². The molecule has 0 radical (unpaired) electrons. The number of rotatable bonds is 9. The number of ether oxygens (including phenoxy) is 2. The van der Waals surface area contributed by atoms with Crippen molar-refractivity contribution in [1.82, 2.24) is 4.90 Å². The Bertz CT molecular complexity index is 958. The van der Waals surface area contributed by atoms with Crippen LogP contribution in [-0.2, 0) is 16.1 Å². The maximum absolute atomic E-state index is 12.3. The van der Waals surface area contributed by atoms with E-state index >= 15 is 0 Å². The maximum atomic E-state index is 12.3. The molecule has 1 saturated carbocycles. The lowest BCUT2D eigenvalue weighted by atomic mass is 10.1. The van der Waals surface area contributed by atoms with Crippen molar-refractivity contribution in [3.05, 3.63) is 63.7 Å². The van der Waals surface area contributed by atoms with Gasteiger partial charge in [0, 0.05) is 31.3 Å². The lowest BCUT2D eigenvalue weighted by Gasteiger charge is -2.18. The number of hydrogen-bond donors (Lipinski definition) is 1. The van der Waals surface area contributed by atoms with Gasteiger partial charge in [0.05, 0.1) is 17.6 Å². The summed E-state index contributed by atoms with van der Waals surface area (Å²) in [5.74, 6) is -0.549. The van der Waals surface area contributed by atoms with Gasteiger partial charge in [-0.05, 0) is 31.0 Å². The molecule has 9 heteroatoms. The van der Waals surface area contributed by atoms with E-state index in [9.17, 15) is 19.7 Å². The number of likely N-dealkylation sites (N-methyl/N-ethyl adjacent to an activating group) is 1. The first-order valence-electron chi connectivity index (χ1n) is 9.47. The van der Waals surface area contributed by atoms with Crippen LogP contribution < -0.4 is 10.1 Å². The van der Waals surface area contributed by atoms with Crippen LogP contribution in [0, 0.1) is 10.1 Å². The first-order chi connectivity index (χ1) is 14.4. The third kappa shape index (κ3) is 5.25. The molecule has 0 saturated heterocycles. The predicted octanol–water partition coefficient (Wildman–Crippen LogP) is 2.99. The zero-order chi connectivity index (χ0) is 21.7. The maximum Gasteiger partial charge on any atom is 0.338 e. The van der Waals surface area contributed by atoms with E-state index in [0.717, 1.165) is 24.5 Å². The molecule has 1 amide bonds. The van der Waals surface area contributed by atoms with Crippen molar-refractivity contribution in [3.8, 4) is 5.75 Å². The standard InChI is InChI=1S/C21H23N3O6/c1-23(12-15-5-3-4-6-19(15)29-2)20(25)13-30-21(26)14-7-10-17(22-16-8-9-16)18(11-14)24(27)28/h3-7,10-11,16,22H,8-9,12-13H2,1-2H3. The van der Waals surface area contributed by atoms with Crippen molar-refractivity contribution in [2.75, 3.05) is 26.1 Å². The molecule has 9 nitrogen and oxygen atoms in total. The number of para-hydroxylation sites is 1. The quantitative estimate of drug-likeness (QED) is 0.382. The second kappa shape index (κ2) is 9.25. The summed E-state index contributed by atoms with van der Waals surface area (Å²) in [4.78, 5) is 36.8. The molecule has 1 aliphatic carbocycles. The number of carbonyl (C=O) groups excluding carboxylic acids is 2. The van der Waals surface area contributed by atoms with Crippen molar-refractivity contribution in [1.29, 1.82) is 0 Å². The van der Waals surface area contributed by atoms with E-state index in [1.165, 1.54) is 17.0 Å². The Labute approximate surface area is 173 Å². The van der Waals surface area contributed by atoms with Gasteiger partial charge in [-0.15, -0.1) is 0 Å². The molecule has 1 N–H and O–H groups in total. The highest BCUT2D eigenvalue weighted by Gasteiger charge is 2.26. The van der Waals surface area contributed by atoms with Crippen LogP contribution in [0.15, 0.2) is 42.5 Å². The van der Waals surface area contributed by atoms with Crippen molar-refractivity contribution in [2.24, 2.45) is 0 Å².